The van der Waals surface area contributed by atoms with Gasteiger partial charge in [0.05, 0.1) is 16.7 Å². The molecule has 2 unspecified atom stereocenters. The molecular formula is C18H21Cl2NO2. The number of halogens is 2. The van der Waals surface area contributed by atoms with Crippen molar-refractivity contribution < 1.29 is 9.53 Å². The van der Waals surface area contributed by atoms with E-state index in [-0.39, 0.29) is 17.6 Å². The van der Waals surface area contributed by atoms with Crippen molar-refractivity contribution in [1.82, 2.24) is 5.32 Å². The van der Waals surface area contributed by atoms with E-state index in [9.17, 15) is 4.79 Å². The number of benzene rings is 1. The summed E-state index contributed by atoms with van der Waals surface area (Å²) in [7, 11) is 0. The third-order valence-electron chi connectivity index (χ3n) is 5.09. The van der Waals surface area contributed by atoms with Gasteiger partial charge in [-0.1, -0.05) is 30.1 Å². The Morgan fingerprint density at radius 3 is 2.74 bits per heavy atom. The van der Waals surface area contributed by atoms with Crippen LogP contribution < -0.4 is 5.32 Å². The third kappa shape index (κ3) is 2.79. The molecule has 3 rings (SSSR count). The smallest absolute Gasteiger partial charge is 0.252 e. The first-order chi connectivity index (χ1) is 10.9. The topological polar surface area (TPSA) is 38.3 Å². The molecule has 3 nitrogen and oxygen atoms in total. The van der Waals surface area contributed by atoms with Crippen molar-refractivity contribution in [1.29, 1.82) is 0 Å². The molecule has 0 bridgehead atoms. The fourth-order valence-electron chi connectivity index (χ4n) is 3.77. The van der Waals surface area contributed by atoms with Crippen molar-refractivity contribution in [3.8, 4) is 0 Å². The van der Waals surface area contributed by atoms with Crippen LogP contribution >= 0.6 is 23.2 Å². The summed E-state index contributed by atoms with van der Waals surface area (Å²) in [5, 5.41) is 4.32. The molecule has 0 aliphatic carbocycles. The SMILES string of the molecule is CCC1CC2(CCO1)NC(=O)C(c1c(C)cc(Cl)cc1Cl)=C2C. The second-order valence-electron chi connectivity index (χ2n) is 6.47. The average Bonchev–Trinajstić information content (AvgIpc) is 2.70. The first-order valence-electron chi connectivity index (χ1n) is 7.99. The van der Waals surface area contributed by atoms with E-state index in [4.69, 9.17) is 27.9 Å². The van der Waals surface area contributed by atoms with Crippen molar-refractivity contribution >= 4 is 34.7 Å². The molecule has 5 heteroatoms. The number of rotatable bonds is 2. The molecule has 1 aromatic carbocycles. The standard InChI is InChI=1S/C18H21Cl2NO2/c1-4-13-9-18(5-6-23-13)11(3)16(17(22)21-18)15-10(2)7-12(19)8-14(15)20/h7-8,13H,4-6,9H2,1-3H3,(H,21,22). The fraction of sp³-hybridized carbons (Fsp3) is 0.500. The lowest BCUT2D eigenvalue weighted by atomic mass is 9.80. The maximum atomic E-state index is 12.7. The predicted molar refractivity (Wildman–Crippen MR) is 93.9 cm³/mol. The minimum atomic E-state index is -0.305. The lowest BCUT2D eigenvalue weighted by Gasteiger charge is -2.39. The summed E-state index contributed by atoms with van der Waals surface area (Å²) in [5.74, 6) is -0.0495. The van der Waals surface area contributed by atoms with Crippen LogP contribution in [0.3, 0.4) is 0 Å². The highest BCUT2D eigenvalue weighted by Gasteiger charge is 2.46. The molecule has 23 heavy (non-hydrogen) atoms. The number of hydrogen-bond donors (Lipinski definition) is 1. The molecule has 0 aromatic heterocycles. The molecule has 1 fully saturated rings. The number of nitrogens with one attached hydrogen (secondary N) is 1. The first kappa shape index (κ1) is 16.8. The Bertz CT molecular complexity index is 675. The fourth-order valence-corrected chi connectivity index (χ4v) is 4.46. The van der Waals surface area contributed by atoms with E-state index in [1.807, 2.05) is 19.9 Å². The Morgan fingerprint density at radius 1 is 1.35 bits per heavy atom. The van der Waals surface area contributed by atoms with Gasteiger partial charge in [0.1, 0.15) is 0 Å². The zero-order chi connectivity index (χ0) is 16.8. The average molecular weight is 354 g/mol. The Morgan fingerprint density at radius 2 is 2.09 bits per heavy atom. The van der Waals surface area contributed by atoms with E-state index < -0.39 is 0 Å². The first-order valence-corrected chi connectivity index (χ1v) is 8.75. The van der Waals surface area contributed by atoms with Crippen LogP contribution in [0.1, 0.15) is 44.2 Å². The maximum absolute atomic E-state index is 12.7. The molecule has 2 aliphatic heterocycles. The van der Waals surface area contributed by atoms with Gasteiger partial charge >= 0.3 is 0 Å². The highest BCUT2D eigenvalue weighted by Crippen LogP contribution is 2.43. The molecule has 1 spiro atoms. The lowest BCUT2D eigenvalue weighted by Crippen LogP contribution is -2.50. The third-order valence-corrected chi connectivity index (χ3v) is 5.61. The highest BCUT2D eigenvalue weighted by atomic mass is 35.5. The van der Waals surface area contributed by atoms with E-state index in [1.54, 1.807) is 6.07 Å². The Kier molecular flexibility index (Phi) is 4.47. The number of aryl methyl sites for hydroxylation is 1. The summed E-state index contributed by atoms with van der Waals surface area (Å²) in [5.41, 5.74) is 3.17. The summed E-state index contributed by atoms with van der Waals surface area (Å²) < 4.78 is 5.78. The lowest BCUT2D eigenvalue weighted by molar-refractivity contribution is -0.117. The van der Waals surface area contributed by atoms with E-state index >= 15 is 0 Å². The van der Waals surface area contributed by atoms with Crippen LogP contribution in [-0.2, 0) is 9.53 Å². The molecule has 2 heterocycles. The number of amides is 1. The van der Waals surface area contributed by atoms with E-state index in [0.717, 1.165) is 36.0 Å². The summed E-state index contributed by atoms with van der Waals surface area (Å²) in [6.07, 6.45) is 2.74. The van der Waals surface area contributed by atoms with Gasteiger partial charge in [-0.15, -0.1) is 0 Å². The Balaban J connectivity index is 2.10. The van der Waals surface area contributed by atoms with Gasteiger partial charge in [0.15, 0.2) is 0 Å². The molecule has 1 saturated heterocycles. The number of ether oxygens (including phenoxy) is 1. The second-order valence-corrected chi connectivity index (χ2v) is 7.31. The van der Waals surface area contributed by atoms with Crippen LogP contribution in [0.2, 0.25) is 10.0 Å². The van der Waals surface area contributed by atoms with Crippen LogP contribution in [-0.4, -0.2) is 24.2 Å². The van der Waals surface area contributed by atoms with Gasteiger partial charge in [-0.05, 0) is 50.0 Å². The van der Waals surface area contributed by atoms with Crippen LogP contribution in [0.4, 0.5) is 0 Å². The molecule has 1 amide bonds. The zero-order valence-electron chi connectivity index (χ0n) is 13.6. The number of hydrogen-bond acceptors (Lipinski definition) is 2. The summed E-state index contributed by atoms with van der Waals surface area (Å²) in [6, 6.07) is 3.54. The van der Waals surface area contributed by atoms with Crippen molar-refractivity contribution in [2.45, 2.75) is 51.7 Å². The molecule has 0 saturated carbocycles. The van der Waals surface area contributed by atoms with E-state index in [0.29, 0.717) is 22.2 Å². The van der Waals surface area contributed by atoms with Gasteiger partial charge in [0.2, 0.25) is 0 Å². The van der Waals surface area contributed by atoms with Gasteiger partial charge < -0.3 is 10.1 Å². The van der Waals surface area contributed by atoms with Crippen molar-refractivity contribution in [2.24, 2.45) is 0 Å². The molecule has 124 valence electrons. The zero-order valence-corrected chi connectivity index (χ0v) is 15.1. The second kappa shape index (κ2) is 6.12. The van der Waals surface area contributed by atoms with E-state index in [2.05, 4.69) is 12.2 Å². The largest absolute Gasteiger partial charge is 0.378 e. The maximum Gasteiger partial charge on any atom is 0.252 e. The van der Waals surface area contributed by atoms with Crippen LogP contribution in [0.15, 0.2) is 17.7 Å². The Hall–Kier alpha value is -1.03. The van der Waals surface area contributed by atoms with E-state index in [1.165, 1.54) is 0 Å². The van der Waals surface area contributed by atoms with Gasteiger partial charge in [0, 0.05) is 29.2 Å². The number of carbonyl (C=O) groups excluding carboxylic acids is 1. The van der Waals surface area contributed by atoms with Crippen molar-refractivity contribution in [3.63, 3.8) is 0 Å². The van der Waals surface area contributed by atoms with Gasteiger partial charge in [-0.3, -0.25) is 4.79 Å². The summed E-state index contributed by atoms with van der Waals surface area (Å²) in [6.45, 7) is 6.75. The van der Waals surface area contributed by atoms with Crippen molar-refractivity contribution in [3.05, 3.63) is 38.9 Å². The molecular weight excluding hydrogens is 333 g/mol. The highest BCUT2D eigenvalue weighted by molar-refractivity contribution is 6.38. The molecule has 2 atom stereocenters. The monoisotopic (exact) mass is 353 g/mol. The van der Waals surface area contributed by atoms with Gasteiger partial charge in [-0.25, -0.2) is 0 Å². The molecule has 1 aromatic rings. The van der Waals surface area contributed by atoms with Crippen LogP contribution in [0.5, 0.6) is 0 Å². The molecule has 2 aliphatic rings. The molecule has 0 radical (unpaired) electrons. The predicted octanol–water partition coefficient (Wildman–Crippen LogP) is 4.53. The minimum absolute atomic E-state index is 0.0495. The summed E-state index contributed by atoms with van der Waals surface area (Å²) in [4.78, 5) is 12.7. The normalized spacial score (nSPS) is 27.7. The summed E-state index contributed by atoms with van der Waals surface area (Å²) >= 11 is 12.5. The van der Waals surface area contributed by atoms with Crippen LogP contribution in [0, 0.1) is 6.92 Å². The van der Waals surface area contributed by atoms with Crippen LogP contribution in [0.25, 0.3) is 5.57 Å². The minimum Gasteiger partial charge on any atom is -0.378 e. The number of carbonyl (C=O) groups is 1. The Labute approximate surface area is 147 Å². The van der Waals surface area contributed by atoms with Gasteiger partial charge in [-0.2, -0.15) is 0 Å². The van der Waals surface area contributed by atoms with Crippen molar-refractivity contribution in [2.75, 3.05) is 6.61 Å². The van der Waals surface area contributed by atoms with Gasteiger partial charge in [0.25, 0.3) is 5.91 Å². The quantitative estimate of drug-likeness (QED) is 0.847. The molecule has 1 N–H and O–H groups in total.